The largest absolute Gasteiger partial charge is 0.489 e. The van der Waals surface area contributed by atoms with Gasteiger partial charge in [-0.3, -0.25) is 4.90 Å². The summed E-state index contributed by atoms with van der Waals surface area (Å²) >= 11 is 0. The van der Waals surface area contributed by atoms with E-state index in [4.69, 9.17) is 4.74 Å². The van der Waals surface area contributed by atoms with Crippen LogP contribution in [0.4, 0.5) is 0 Å². The van der Waals surface area contributed by atoms with Crippen molar-refractivity contribution >= 4 is 0 Å². The highest BCUT2D eigenvalue weighted by atomic mass is 16.5. The summed E-state index contributed by atoms with van der Waals surface area (Å²) in [7, 11) is 0. The van der Waals surface area contributed by atoms with E-state index in [1.165, 1.54) is 12.1 Å². The number of aryl methyl sites for hydroxylation is 1. The van der Waals surface area contributed by atoms with Crippen molar-refractivity contribution < 1.29 is 4.74 Å². The maximum Gasteiger partial charge on any atom is 0.119 e. The number of hydrogen-bond acceptors (Lipinski definition) is 3. The van der Waals surface area contributed by atoms with E-state index in [9.17, 15) is 0 Å². The third-order valence-corrected chi connectivity index (χ3v) is 3.77. The minimum Gasteiger partial charge on any atom is -0.489 e. The predicted octanol–water partition coefficient (Wildman–Crippen LogP) is 1.42. The second-order valence-electron chi connectivity index (χ2n) is 5.14. The molecule has 2 atom stereocenters. The summed E-state index contributed by atoms with van der Waals surface area (Å²) in [5.41, 5.74) is 1.28. The first-order valence-corrected chi connectivity index (χ1v) is 6.49. The summed E-state index contributed by atoms with van der Waals surface area (Å²) in [6.07, 6.45) is 1.52. The summed E-state index contributed by atoms with van der Waals surface area (Å²) in [4.78, 5) is 2.55. The Morgan fingerprint density at radius 2 is 2.12 bits per heavy atom. The third-order valence-electron chi connectivity index (χ3n) is 3.77. The van der Waals surface area contributed by atoms with E-state index in [2.05, 4.69) is 41.4 Å². The second kappa shape index (κ2) is 4.67. The van der Waals surface area contributed by atoms with Crippen LogP contribution < -0.4 is 10.1 Å². The molecule has 0 radical (unpaired) electrons. The Bertz CT molecular complexity index is 362. The van der Waals surface area contributed by atoms with E-state index in [0.29, 0.717) is 12.1 Å². The Balaban J connectivity index is 1.61. The molecule has 2 aliphatic heterocycles. The lowest BCUT2D eigenvalue weighted by atomic mass is 10.1. The van der Waals surface area contributed by atoms with E-state index in [1.54, 1.807) is 0 Å². The lowest BCUT2D eigenvalue weighted by Crippen LogP contribution is -2.47. The van der Waals surface area contributed by atoms with Crippen molar-refractivity contribution in [2.24, 2.45) is 0 Å². The molecule has 1 aromatic carbocycles. The Morgan fingerprint density at radius 1 is 1.29 bits per heavy atom. The number of benzene rings is 1. The van der Waals surface area contributed by atoms with Crippen LogP contribution in [0, 0.1) is 6.92 Å². The zero-order chi connectivity index (χ0) is 11.7. The van der Waals surface area contributed by atoms with Gasteiger partial charge in [-0.05, 0) is 19.1 Å². The van der Waals surface area contributed by atoms with E-state index < -0.39 is 0 Å². The van der Waals surface area contributed by atoms with Gasteiger partial charge in [-0.2, -0.15) is 0 Å². The number of ether oxygens (including phenoxy) is 1. The lowest BCUT2D eigenvalue weighted by molar-refractivity contribution is 0.186. The Hall–Kier alpha value is -1.06. The third kappa shape index (κ3) is 2.45. The number of rotatable bonds is 2. The smallest absolute Gasteiger partial charge is 0.119 e. The average molecular weight is 232 g/mol. The van der Waals surface area contributed by atoms with Crippen molar-refractivity contribution in [1.29, 1.82) is 0 Å². The van der Waals surface area contributed by atoms with Gasteiger partial charge < -0.3 is 10.1 Å². The molecule has 2 saturated heterocycles. The van der Waals surface area contributed by atoms with Crippen molar-refractivity contribution in [2.45, 2.75) is 25.5 Å². The molecule has 1 aromatic rings. The molecule has 1 N–H and O–H groups in total. The SMILES string of the molecule is Cc1ccc(O[C@H]2C[C@@H]3CNCCN3C2)cc1. The highest BCUT2D eigenvalue weighted by Crippen LogP contribution is 2.23. The van der Waals surface area contributed by atoms with Crippen LogP contribution in [-0.4, -0.2) is 43.2 Å². The maximum absolute atomic E-state index is 6.05. The van der Waals surface area contributed by atoms with Gasteiger partial charge in [0.25, 0.3) is 0 Å². The Kier molecular flexibility index (Phi) is 3.04. The fraction of sp³-hybridized carbons (Fsp3) is 0.571. The molecule has 0 amide bonds. The van der Waals surface area contributed by atoms with Crippen molar-refractivity contribution in [2.75, 3.05) is 26.2 Å². The van der Waals surface area contributed by atoms with Gasteiger partial charge in [0.1, 0.15) is 11.9 Å². The summed E-state index contributed by atoms with van der Waals surface area (Å²) in [5.74, 6) is 1.01. The van der Waals surface area contributed by atoms with Gasteiger partial charge in [-0.15, -0.1) is 0 Å². The highest BCUT2D eigenvalue weighted by molar-refractivity contribution is 5.26. The molecule has 0 unspecified atom stereocenters. The van der Waals surface area contributed by atoms with E-state index >= 15 is 0 Å². The van der Waals surface area contributed by atoms with Gasteiger partial charge in [-0.1, -0.05) is 17.7 Å². The van der Waals surface area contributed by atoms with Crippen molar-refractivity contribution in [3.8, 4) is 5.75 Å². The number of nitrogens with zero attached hydrogens (tertiary/aromatic N) is 1. The molecular formula is C14H20N2O. The van der Waals surface area contributed by atoms with E-state index in [-0.39, 0.29) is 0 Å². The van der Waals surface area contributed by atoms with Gasteiger partial charge in [0.05, 0.1) is 0 Å². The minimum atomic E-state index is 0.364. The molecule has 0 aromatic heterocycles. The molecule has 92 valence electrons. The first kappa shape index (κ1) is 11.1. The molecule has 3 rings (SSSR count). The van der Waals surface area contributed by atoms with Crippen LogP contribution in [0.3, 0.4) is 0 Å². The topological polar surface area (TPSA) is 24.5 Å². The molecule has 0 spiro atoms. The predicted molar refractivity (Wildman–Crippen MR) is 68.4 cm³/mol. The molecule has 3 heteroatoms. The quantitative estimate of drug-likeness (QED) is 0.834. The molecule has 0 bridgehead atoms. The van der Waals surface area contributed by atoms with Gasteiger partial charge in [-0.25, -0.2) is 0 Å². The van der Waals surface area contributed by atoms with Gasteiger partial charge in [0.15, 0.2) is 0 Å². The maximum atomic E-state index is 6.05. The molecule has 0 saturated carbocycles. The highest BCUT2D eigenvalue weighted by Gasteiger charge is 2.34. The van der Waals surface area contributed by atoms with Crippen LogP contribution in [0.15, 0.2) is 24.3 Å². The van der Waals surface area contributed by atoms with Crippen LogP contribution in [0.2, 0.25) is 0 Å². The summed E-state index contributed by atoms with van der Waals surface area (Å²) in [6.45, 7) is 6.59. The number of piperazine rings is 1. The molecule has 2 aliphatic rings. The summed E-state index contributed by atoms with van der Waals surface area (Å²) < 4.78 is 6.05. The molecule has 3 nitrogen and oxygen atoms in total. The van der Waals surface area contributed by atoms with Crippen molar-refractivity contribution in [3.05, 3.63) is 29.8 Å². The molecule has 2 heterocycles. The second-order valence-corrected chi connectivity index (χ2v) is 5.14. The zero-order valence-electron chi connectivity index (χ0n) is 10.4. The molecular weight excluding hydrogens is 212 g/mol. The average Bonchev–Trinajstić information content (AvgIpc) is 2.74. The monoisotopic (exact) mass is 232 g/mol. The van der Waals surface area contributed by atoms with Crippen molar-refractivity contribution in [3.63, 3.8) is 0 Å². The fourth-order valence-corrected chi connectivity index (χ4v) is 2.81. The van der Waals surface area contributed by atoms with Gasteiger partial charge in [0, 0.05) is 38.6 Å². The minimum absolute atomic E-state index is 0.364. The van der Waals surface area contributed by atoms with Crippen LogP contribution in [-0.2, 0) is 0 Å². The van der Waals surface area contributed by atoms with Crippen molar-refractivity contribution in [1.82, 2.24) is 10.2 Å². The van der Waals surface area contributed by atoms with Crippen LogP contribution in [0.25, 0.3) is 0 Å². The zero-order valence-corrected chi connectivity index (χ0v) is 10.4. The van der Waals surface area contributed by atoms with E-state index in [0.717, 1.165) is 31.8 Å². The lowest BCUT2D eigenvalue weighted by Gasteiger charge is -2.29. The number of nitrogens with one attached hydrogen (secondary N) is 1. The number of hydrogen-bond donors (Lipinski definition) is 1. The van der Waals surface area contributed by atoms with Gasteiger partial charge >= 0.3 is 0 Å². The first-order chi connectivity index (χ1) is 8.31. The molecule has 17 heavy (non-hydrogen) atoms. The molecule has 2 fully saturated rings. The standard InChI is InChI=1S/C14H20N2O/c1-11-2-4-13(5-3-11)17-14-8-12-9-15-6-7-16(12)10-14/h2-5,12,14-15H,6-10H2,1H3/t12-,14+/m1/s1. The van der Waals surface area contributed by atoms with Crippen LogP contribution in [0.5, 0.6) is 5.75 Å². The summed E-state index contributed by atoms with van der Waals surface area (Å²) in [6, 6.07) is 9.05. The molecule has 0 aliphatic carbocycles. The van der Waals surface area contributed by atoms with Gasteiger partial charge in [0.2, 0.25) is 0 Å². The van der Waals surface area contributed by atoms with Crippen LogP contribution in [0.1, 0.15) is 12.0 Å². The summed E-state index contributed by atoms with van der Waals surface area (Å²) in [5, 5.41) is 3.45. The Morgan fingerprint density at radius 3 is 2.88 bits per heavy atom. The van der Waals surface area contributed by atoms with E-state index in [1.807, 2.05) is 0 Å². The number of fused-ring (bicyclic) bond motifs is 1. The Labute approximate surface area is 103 Å². The normalized spacial score (nSPS) is 29.0. The van der Waals surface area contributed by atoms with Crippen LogP contribution >= 0.6 is 0 Å². The first-order valence-electron chi connectivity index (χ1n) is 6.49. The fourth-order valence-electron chi connectivity index (χ4n) is 2.81.